The van der Waals surface area contributed by atoms with Crippen LogP contribution in [-0.2, 0) is 4.79 Å². The molecule has 2 atom stereocenters. The summed E-state index contributed by atoms with van der Waals surface area (Å²) in [7, 11) is 2.05. The Labute approximate surface area is 248 Å². The second-order valence-electron chi connectivity index (χ2n) is 11.0. The van der Waals surface area contributed by atoms with Gasteiger partial charge in [-0.1, -0.05) is 40.7 Å². The van der Waals surface area contributed by atoms with Crippen LogP contribution in [0.5, 0.6) is 17.2 Å². The largest absolute Gasteiger partial charge is 0.469 e. The van der Waals surface area contributed by atoms with E-state index in [1.807, 2.05) is 43.9 Å². The van der Waals surface area contributed by atoms with Gasteiger partial charge in [-0.2, -0.15) is 0 Å². The minimum atomic E-state index is -0.801. The van der Waals surface area contributed by atoms with E-state index in [1.54, 1.807) is 24.3 Å². The van der Waals surface area contributed by atoms with E-state index in [2.05, 4.69) is 17.3 Å². The Bertz CT molecular complexity index is 1270. The molecule has 2 aromatic rings. The molecule has 4 amide bonds. The summed E-state index contributed by atoms with van der Waals surface area (Å²) in [6, 6.07) is 11.8. The van der Waals surface area contributed by atoms with Gasteiger partial charge < -0.3 is 29.3 Å². The first-order valence-electron chi connectivity index (χ1n) is 14.6. The Hall–Kier alpha value is -3.79. The average molecular weight is 581 g/mol. The summed E-state index contributed by atoms with van der Waals surface area (Å²) in [6.07, 6.45) is 1.84. The number of piperazine rings is 1. The molecule has 2 saturated heterocycles. The lowest BCUT2D eigenvalue weighted by Gasteiger charge is -2.53. The number of imide groups is 1. The molecule has 0 aliphatic carbocycles. The van der Waals surface area contributed by atoms with E-state index in [9.17, 15) is 14.4 Å². The van der Waals surface area contributed by atoms with Gasteiger partial charge in [0.05, 0.1) is 6.04 Å². The molecular formula is C32H44N4O6. The lowest BCUT2D eigenvalue weighted by Crippen LogP contribution is -2.73. The van der Waals surface area contributed by atoms with Crippen molar-refractivity contribution in [3.05, 3.63) is 53.6 Å². The highest BCUT2D eigenvalue weighted by atomic mass is 16.7. The van der Waals surface area contributed by atoms with Gasteiger partial charge in [0.15, 0.2) is 17.7 Å². The third-order valence-electron chi connectivity index (χ3n) is 8.65. The van der Waals surface area contributed by atoms with Gasteiger partial charge in [-0.05, 0) is 68.3 Å². The van der Waals surface area contributed by atoms with E-state index >= 15 is 0 Å². The van der Waals surface area contributed by atoms with Crippen molar-refractivity contribution in [1.82, 2.24) is 20.0 Å². The predicted octanol–water partition coefficient (Wildman–Crippen LogP) is 5.04. The number of fused-ring (bicyclic) bond motifs is 1. The zero-order valence-corrected chi connectivity index (χ0v) is 24.4. The monoisotopic (exact) mass is 580 g/mol. The van der Waals surface area contributed by atoms with Gasteiger partial charge in [0, 0.05) is 31.7 Å². The molecule has 10 heteroatoms. The topological polar surface area (TPSA) is 101 Å². The van der Waals surface area contributed by atoms with E-state index < -0.39 is 17.7 Å². The Kier molecular flexibility index (Phi) is 9.66. The standard InChI is InChI=1S/C31H40N4O6.CH4/c1-5-8-24(22-11-14-25-26(19-22)40-20-39-25)32-30(38)35-28(37)31(6-2,7-3)29(35)41-23-12-9-21(10-13-23)27(36)34-17-15-33(4)16-18-34;/h9-14,19,24,29H,5-8,15-18,20H2,1-4H3,(H,32,38);1H4/t24-,29+;/m1./s1. The van der Waals surface area contributed by atoms with Crippen molar-refractivity contribution in [1.29, 1.82) is 0 Å². The second-order valence-corrected chi connectivity index (χ2v) is 11.0. The zero-order valence-electron chi connectivity index (χ0n) is 24.4. The van der Waals surface area contributed by atoms with Crippen LogP contribution in [0.4, 0.5) is 4.79 Å². The third-order valence-corrected chi connectivity index (χ3v) is 8.65. The highest BCUT2D eigenvalue weighted by molar-refractivity contribution is 6.03. The molecule has 0 saturated carbocycles. The highest BCUT2D eigenvalue weighted by Gasteiger charge is 2.63. The molecule has 10 nitrogen and oxygen atoms in total. The fourth-order valence-corrected chi connectivity index (χ4v) is 5.86. The first kappa shape index (κ1) is 31.2. The van der Waals surface area contributed by atoms with E-state index in [0.29, 0.717) is 55.2 Å². The van der Waals surface area contributed by atoms with Crippen LogP contribution < -0.4 is 19.5 Å². The smallest absolute Gasteiger partial charge is 0.327 e. The molecule has 0 bridgehead atoms. The van der Waals surface area contributed by atoms with Crippen molar-refractivity contribution >= 4 is 17.8 Å². The van der Waals surface area contributed by atoms with E-state index in [0.717, 1.165) is 25.1 Å². The maximum Gasteiger partial charge on any atom is 0.327 e. The molecule has 0 aromatic heterocycles. The second kappa shape index (κ2) is 13.0. The number of amides is 4. The van der Waals surface area contributed by atoms with Crippen LogP contribution in [0, 0.1) is 5.41 Å². The quantitative estimate of drug-likeness (QED) is 0.415. The number of carbonyl (C=O) groups is 3. The van der Waals surface area contributed by atoms with Crippen LogP contribution in [0.1, 0.15) is 75.8 Å². The number of nitrogens with zero attached hydrogens (tertiary/aromatic N) is 3. The minimum Gasteiger partial charge on any atom is -0.469 e. The molecule has 0 unspecified atom stereocenters. The number of ether oxygens (including phenoxy) is 3. The number of benzene rings is 2. The van der Waals surface area contributed by atoms with Crippen molar-refractivity contribution in [2.45, 2.75) is 66.2 Å². The normalized spacial score (nSPS) is 19.9. The zero-order chi connectivity index (χ0) is 29.1. The molecule has 0 spiro atoms. The Morgan fingerprint density at radius 1 is 1.00 bits per heavy atom. The Balaban J connectivity index is 0.00000405. The highest BCUT2D eigenvalue weighted by Crippen LogP contribution is 2.46. The lowest BCUT2D eigenvalue weighted by atomic mass is 9.72. The van der Waals surface area contributed by atoms with Crippen LogP contribution in [0.25, 0.3) is 0 Å². The average Bonchev–Trinajstić information content (AvgIpc) is 3.46. The van der Waals surface area contributed by atoms with E-state index in [4.69, 9.17) is 14.2 Å². The van der Waals surface area contributed by atoms with Crippen molar-refractivity contribution in [3.8, 4) is 17.2 Å². The summed E-state index contributed by atoms with van der Waals surface area (Å²) in [5.74, 6) is 1.57. The van der Waals surface area contributed by atoms with Gasteiger partial charge in [-0.3, -0.25) is 9.59 Å². The van der Waals surface area contributed by atoms with Crippen molar-refractivity contribution in [2.24, 2.45) is 5.41 Å². The molecule has 228 valence electrons. The van der Waals surface area contributed by atoms with Gasteiger partial charge in [0.25, 0.3) is 5.91 Å². The number of likely N-dealkylation sites (tertiary alicyclic amines) is 1. The molecule has 5 rings (SSSR count). The summed E-state index contributed by atoms with van der Waals surface area (Å²) < 4.78 is 17.3. The van der Waals surface area contributed by atoms with Crippen LogP contribution in [0.3, 0.4) is 0 Å². The SMILES string of the molecule is C.CCC[C@@H](NC(=O)N1C(=O)C(CC)(CC)[C@@H]1Oc1ccc(C(=O)N2CCN(C)CC2)cc1)c1ccc2c(c1)OCO2. The molecule has 3 aliphatic rings. The summed E-state index contributed by atoms with van der Waals surface area (Å²) in [5, 5.41) is 3.06. The summed E-state index contributed by atoms with van der Waals surface area (Å²) in [5.41, 5.74) is 0.669. The summed E-state index contributed by atoms with van der Waals surface area (Å²) >= 11 is 0. The number of nitrogens with one attached hydrogen (secondary N) is 1. The molecule has 1 N–H and O–H groups in total. The molecule has 2 aromatic carbocycles. The van der Waals surface area contributed by atoms with Crippen molar-refractivity contribution in [3.63, 3.8) is 0 Å². The molecule has 3 aliphatic heterocycles. The van der Waals surface area contributed by atoms with Crippen LogP contribution in [0.15, 0.2) is 42.5 Å². The number of carbonyl (C=O) groups excluding carboxylic acids is 3. The first-order valence-corrected chi connectivity index (χ1v) is 14.6. The maximum atomic E-state index is 13.6. The Morgan fingerprint density at radius 2 is 1.67 bits per heavy atom. The molecule has 42 heavy (non-hydrogen) atoms. The molecule has 2 fully saturated rings. The van der Waals surface area contributed by atoms with E-state index in [-0.39, 0.29) is 32.1 Å². The predicted molar refractivity (Wildman–Crippen MR) is 160 cm³/mol. The van der Waals surface area contributed by atoms with Crippen LogP contribution in [-0.4, -0.2) is 78.8 Å². The number of likely N-dealkylation sites (N-methyl/N-ethyl adjacent to an activating group) is 1. The first-order chi connectivity index (χ1) is 19.8. The molecule has 3 heterocycles. The number of hydrogen-bond donors (Lipinski definition) is 1. The molecular weight excluding hydrogens is 536 g/mol. The Morgan fingerprint density at radius 3 is 2.31 bits per heavy atom. The van der Waals surface area contributed by atoms with Crippen molar-refractivity contribution < 1.29 is 28.6 Å². The number of urea groups is 1. The van der Waals surface area contributed by atoms with Gasteiger partial charge in [0.2, 0.25) is 12.7 Å². The van der Waals surface area contributed by atoms with E-state index in [1.165, 1.54) is 4.90 Å². The van der Waals surface area contributed by atoms with Gasteiger partial charge in [-0.25, -0.2) is 9.69 Å². The van der Waals surface area contributed by atoms with Crippen LogP contribution >= 0.6 is 0 Å². The van der Waals surface area contributed by atoms with Gasteiger partial charge >= 0.3 is 6.03 Å². The maximum absolute atomic E-state index is 13.6. The summed E-state index contributed by atoms with van der Waals surface area (Å²) in [6.45, 7) is 9.20. The molecule has 0 radical (unpaired) electrons. The van der Waals surface area contributed by atoms with Gasteiger partial charge in [-0.15, -0.1) is 0 Å². The van der Waals surface area contributed by atoms with Crippen LogP contribution in [0.2, 0.25) is 0 Å². The van der Waals surface area contributed by atoms with Gasteiger partial charge in [0.1, 0.15) is 11.2 Å². The number of hydrogen-bond acceptors (Lipinski definition) is 7. The summed E-state index contributed by atoms with van der Waals surface area (Å²) in [4.78, 5) is 45.3. The minimum absolute atomic E-state index is 0. The lowest BCUT2D eigenvalue weighted by molar-refractivity contribution is -0.191. The van der Waals surface area contributed by atoms with Crippen molar-refractivity contribution in [2.75, 3.05) is 40.0 Å². The fraction of sp³-hybridized carbons (Fsp3) is 0.531. The number of β-lactam (4-membered cyclic amide) rings is 1. The number of rotatable bonds is 9. The third kappa shape index (κ3) is 5.77. The fourth-order valence-electron chi connectivity index (χ4n) is 5.86.